The Bertz CT molecular complexity index is 751. The number of amides is 4. The van der Waals surface area contributed by atoms with Gasteiger partial charge in [0.2, 0.25) is 0 Å². The summed E-state index contributed by atoms with van der Waals surface area (Å²) >= 11 is 0. The predicted octanol–water partition coefficient (Wildman–Crippen LogP) is 1.42. The van der Waals surface area contributed by atoms with Gasteiger partial charge in [0, 0.05) is 12.6 Å². The van der Waals surface area contributed by atoms with Crippen LogP contribution in [-0.2, 0) is 9.59 Å². The maximum atomic E-state index is 13.1. The lowest BCUT2D eigenvalue weighted by Crippen LogP contribution is -2.52. The summed E-state index contributed by atoms with van der Waals surface area (Å²) in [5.74, 6) is -0.822. The molecule has 1 spiro atoms. The Kier molecular flexibility index (Phi) is 6.13. The van der Waals surface area contributed by atoms with Gasteiger partial charge in [-0.2, -0.15) is 5.01 Å². The van der Waals surface area contributed by atoms with Crippen LogP contribution in [0.4, 0.5) is 9.18 Å². The number of ether oxygens (including phenoxy) is 1. The summed E-state index contributed by atoms with van der Waals surface area (Å²) in [7, 11) is 1.71. The molecule has 3 rings (SSSR count). The Morgan fingerprint density at radius 3 is 2.79 bits per heavy atom. The predicted molar refractivity (Wildman–Crippen MR) is 98.7 cm³/mol. The van der Waals surface area contributed by atoms with Crippen molar-refractivity contribution in [3.05, 3.63) is 30.1 Å². The molecule has 0 atom stereocenters. The highest BCUT2D eigenvalue weighted by molar-refractivity contribution is 6.08. The van der Waals surface area contributed by atoms with Gasteiger partial charge in [-0.3, -0.25) is 19.9 Å². The molecule has 2 N–H and O–H groups in total. The van der Waals surface area contributed by atoms with Gasteiger partial charge >= 0.3 is 6.03 Å². The summed E-state index contributed by atoms with van der Waals surface area (Å²) in [6.45, 7) is 0.657. The monoisotopic (exact) mass is 392 g/mol. The van der Waals surface area contributed by atoms with Crippen molar-refractivity contribution in [2.24, 2.45) is 0 Å². The molecule has 0 aromatic heterocycles. The fourth-order valence-electron chi connectivity index (χ4n) is 3.58. The second-order valence-corrected chi connectivity index (χ2v) is 7.29. The maximum Gasteiger partial charge on any atom is 0.344 e. The van der Waals surface area contributed by atoms with E-state index in [9.17, 15) is 18.8 Å². The number of urea groups is 1. The van der Waals surface area contributed by atoms with E-state index in [2.05, 4.69) is 10.7 Å². The molecule has 9 heteroatoms. The van der Waals surface area contributed by atoms with Crippen LogP contribution in [0.25, 0.3) is 0 Å². The molecule has 1 heterocycles. The van der Waals surface area contributed by atoms with E-state index in [1.54, 1.807) is 24.1 Å². The number of carbonyl (C=O) groups excluding carboxylic acids is 3. The first kappa shape index (κ1) is 20.1. The summed E-state index contributed by atoms with van der Waals surface area (Å²) in [5.41, 5.74) is 1.53. The highest BCUT2D eigenvalue weighted by atomic mass is 19.1. The molecule has 1 aromatic rings. The fraction of sp³-hybridized carbons (Fsp3) is 0.526. The van der Waals surface area contributed by atoms with Gasteiger partial charge in [-0.05, 0) is 32.0 Å². The molecule has 1 saturated heterocycles. The Balaban J connectivity index is 1.44. The Morgan fingerprint density at radius 1 is 1.32 bits per heavy atom. The Labute approximate surface area is 163 Å². The van der Waals surface area contributed by atoms with Crippen LogP contribution in [0.5, 0.6) is 5.75 Å². The van der Waals surface area contributed by atoms with Gasteiger partial charge in [-0.25, -0.2) is 9.18 Å². The molecule has 1 aliphatic carbocycles. The third-order valence-corrected chi connectivity index (χ3v) is 5.06. The smallest absolute Gasteiger partial charge is 0.344 e. The van der Waals surface area contributed by atoms with Crippen molar-refractivity contribution in [3.63, 3.8) is 0 Å². The van der Waals surface area contributed by atoms with Crippen molar-refractivity contribution in [1.29, 1.82) is 0 Å². The lowest BCUT2D eigenvalue weighted by molar-refractivity contribution is -0.140. The van der Waals surface area contributed by atoms with Crippen LogP contribution in [0.3, 0.4) is 0 Å². The Morgan fingerprint density at radius 2 is 2.07 bits per heavy atom. The second kappa shape index (κ2) is 8.55. The molecule has 8 nitrogen and oxygen atoms in total. The minimum absolute atomic E-state index is 0.0173. The van der Waals surface area contributed by atoms with E-state index in [1.165, 1.54) is 12.1 Å². The first-order chi connectivity index (χ1) is 13.4. The molecular formula is C19H25FN4O4. The average Bonchev–Trinajstić information content (AvgIpc) is 2.86. The highest BCUT2D eigenvalue weighted by Gasteiger charge is 2.52. The Hall–Kier alpha value is -2.68. The van der Waals surface area contributed by atoms with Gasteiger partial charge < -0.3 is 10.1 Å². The van der Waals surface area contributed by atoms with E-state index in [1.807, 2.05) is 0 Å². The molecule has 0 radical (unpaired) electrons. The van der Waals surface area contributed by atoms with Crippen LogP contribution in [-0.4, -0.2) is 60.0 Å². The van der Waals surface area contributed by atoms with Crippen LogP contribution in [0, 0.1) is 5.82 Å². The van der Waals surface area contributed by atoms with Crippen molar-refractivity contribution >= 4 is 17.8 Å². The van der Waals surface area contributed by atoms with Crippen molar-refractivity contribution in [1.82, 2.24) is 20.7 Å². The van der Waals surface area contributed by atoms with E-state index in [4.69, 9.17) is 4.74 Å². The molecule has 4 amide bonds. The zero-order chi connectivity index (χ0) is 20.1. The molecule has 0 bridgehead atoms. The molecule has 2 aliphatic rings. The van der Waals surface area contributed by atoms with Gasteiger partial charge in [0.25, 0.3) is 11.8 Å². The average molecular weight is 392 g/mol. The van der Waals surface area contributed by atoms with Crippen LogP contribution < -0.4 is 15.5 Å². The second-order valence-electron chi connectivity index (χ2n) is 7.29. The molecule has 1 aliphatic heterocycles. The zero-order valence-corrected chi connectivity index (χ0v) is 15.9. The molecule has 28 heavy (non-hydrogen) atoms. The van der Waals surface area contributed by atoms with Gasteiger partial charge in [0.05, 0.1) is 6.54 Å². The van der Waals surface area contributed by atoms with Crippen molar-refractivity contribution < 1.29 is 23.5 Å². The minimum atomic E-state index is -0.868. The number of nitrogens with one attached hydrogen (secondary N) is 2. The molecule has 1 aromatic carbocycles. The number of hydrogen-bond acceptors (Lipinski definition) is 5. The normalized spacial score (nSPS) is 18.5. The minimum Gasteiger partial charge on any atom is -0.492 e. The molecule has 2 fully saturated rings. The standard InChI is InChI=1S/C19H25FN4O4/c1-23(10-11-28-15-7-5-6-14(20)12-15)13-16(25)22-24-17(26)19(21-18(24)27)8-3-2-4-9-19/h5-7,12H,2-4,8-11,13H2,1H3,(H,21,27)(H,22,25). The highest BCUT2D eigenvalue weighted by Crippen LogP contribution is 2.32. The number of benzene rings is 1. The van der Waals surface area contributed by atoms with Crippen LogP contribution in [0.1, 0.15) is 32.1 Å². The van der Waals surface area contributed by atoms with E-state index < -0.39 is 17.5 Å². The van der Waals surface area contributed by atoms with Crippen molar-refractivity contribution in [2.45, 2.75) is 37.6 Å². The van der Waals surface area contributed by atoms with E-state index in [-0.39, 0.29) is 24.9 Å². The molecule has 1 saturated carbocycles. The lowest BCUT2D eigenvalue weighted by Gasteiger charge is -2.30. The number of hydrogen-bond donors (Lipinski definition) is 2. The summed E-state index contributed by atoms with van der Waals surface area (Å²) in [4.78, 5) is 38.7. The fourth-order valence-corrected chi connectivity index (χ4v) is 3.58. The summed E-state index contributed by atoms with van der Waals surface area (Å²) in [6.07, 6.45) is 3.99. The first-order valence-corrected chi connectivity index (χ1v) is 9.43. The number of imide groups is 1. The van der Waals surface area contributed by atoms with Gasteiger partial charge in [0.15, 0.2) is 0 Å². The number of halogens is 1. The molecular weight excluding hydrogens is 367 g/mol. The lowest BCUT2D eigenvalue weighted by atomic mass is 9.82. The first-order valence-electron chi connectivity index (χ1n) is 9.43. The third kappa shape index (κ3) is 4.59. The number of hydrazine groups is 1. The number of rotatable bonds is 7. The molecule has 0 unspecified atom stereocenters. The van der Waals surface area contributed by atoms with Gasteiger partial charge in [0.1, 0.15) is 23.7 Å². The number of likely N-dealkylation sites (N-methyl/N-ethyl adjacent to an activating group) is 1. The maximum absolute atomic E-state index is 13.1. The summed E-state index contributed by atoms with van der Waals surface area (Å²) < 4.78 is 18.5. The third-order valence-electron chi connectivity index (χ3n) is 5.06. The van der Waals surface area contributed by atoms with Crippen LogP contribution in [0.2, 0.25) is 0 Å². The van der Waals surface area contributed by atoms with E-state index in [0.717, 1.165) is 24.3 Å². The van der Waals surface area contributed by atoms with Crippen molar-refractivity contribution in [3.8, 4) is 5.75 Å². The molecule has 152 valence electrons. The summed E-state index contributed by atoms with van der Waals surface area (Å²) in [5, 5.41) is 3.54. The number of nitrogens with zero attached hydrogens (tertiary/aromatic N) is 2. The van der Waals surface area contributed by atoms with Gasteiger partial charge in [-0.1, -0.05) is 25.3 Å². The quantitative estimate of drug-likeness (QED) is 0.685. The van der Waals surface area contributed by atoms with E-state index >= 15 is 0 Å². The topological polar surface area (TPSA) is 91.0 Å². The summed E-state index contributed by atoms with van der Waals surface area (Å²) in [6, 6.07) is 5.23. The van der Waals surface area contributed by atoms with Crippen molar-refractivity contribution in [2.75, 3.05) is 26.7 Å². The van der Waals surface area contributed by atoms with Crippen LogP contribution in [0.15, 0.2) is 24.3 Å². The zero-order valence-electron chi connectivity index (χ0n) is 15.9. The van der Waals surface area contributed by atoms with E-state index in [0.29, 0.717) is 25.1 Å². The number of carbonyl (C=O) groups is 3. The van der Waals surface area contributed by atoms with Crippen LogP contribution >= 0.6 is 0 Å². The van der Waals surface area contributed by atoms with Gasteiger partial charge in [-0.15, -0.1) is 0 Å². The largest absolute Gasteiger partial charge is 0.492 e. The SMILES string of the molecule is CN(CCOc1cccc(F)c1)CC(=O)NN1C(=O)NC2(CCCCC2)C1=O.